The third-order valence-electron chi connectivity index (χ3n) is 5.52. The van der Waals surface area contributed by atoms with E-state index in [4.69, 9.17) is 0 Å². The first-order valence-corrected chi connectivity index (χ1v) is 8.61. The van der Waals surface area contributed by atoms with E-state index in [0.717, 1.165) is 42.7 Å². The van der Waals surface area contributed by atoms with Gasteiger partial charge in [0, 0.05) is 18.8 Å². The summed E-state index contributed by atoms with van der Waals surface area (Å²) in [6, 6.07) is 5.87. The number of amides is 2. The molecule has 0 radical (unpaired) electrons. The van der Waals surface area contributed by atoms with Crippen LogP contribution in [0.5, 0.6) is 0 Å². The summed E-state index contributed by atoms with van der Waals surface area (Å²) in [6.45, 7) is 7.83. The lowest BCUT2D eigenvalue weighted by Crippen LogP contribution is -2.46. The van der Waals surface area contributed by atoms with Crippen molar-refractivity contribution in [2.45, 2.75) is 46.5 Å². The maximum Gasteiger partial charge on any atom is 0.240 e. The van der Waals surface area contributed by atoms with Crippen LogP contribution in [-0.4, -0.2) is 29.8 Å². The number of piperidine rings is 1. The topological polar surface area (TPSA) is 49.4 Å². The quantitative estimate of drug-likeness (QED) is 0.870. The van der Waals surface area contributed by atoms with Gasteiger partial charge in [-0.25, -0.2) is 0 Å². The number of rotatable bonds is 3. The van der Waals surface area contributed by atoms with Crippen molar-refractivity contribution in [3.63, 3.8) is 0 Å². The molecule has 0 bridgehead atoms. The Bertz CT molecular complexity index is 626. The molecule has 2 fully saturated rings. The van der Waals surface area contributed by atoms with Gasteiger partial charge in [-0.3, -0.25) is 9.59 Å². The minimum atomic E-state index is -0.809. The van der Waals surface area contributed by atoms with Crippen LogP contribution in [0.3, 0.4) is 0 Å². The summed E-state index contributed by atoms with van der Waals surface area (Å²) >= 11 is 0. The highest BCUT2D eigenvalue weighted by atomic mass is 16.2. The third-order valence-corrected chi connectivity index (χ3v) is 5.52. The highest BCUT2D eigenvalue weighted by molar-refractivity contribution is 6.13. The maximum absolute atomic E-state index is 12.8. The highest BCUT2D eigenvalue weighted by Crippen LogP contribution is 2.48. The van der Waals surface area contributed by atoms with E-state index < -0.39 is 5.41 Å². The average Bonchev–Trinajstić information content (AvgIpc) is 3.34. The van der Waals surface area contributed by atoms with Crippen LogP contribution in [0.15, 0.2) is 18.2 Å². The molecule has 124 valence electrons. The van der Waals surface area contributed by atoms with E-state index in [0.29, 0.717) is 18.8 Å². The average molecular weight is 314 g/mol. The third kappa shape index (κ3) is 2.99. The first-order chi connectivity index (χ1) is 10.9. The van der Waals surface area contributed by atoms with Gasteiger partial charge in [0.25, 0.3) is 0 Å². The van der Waals surface area contributed by atoms with Crippen molar-refractivity contribution in [1.82, 2.24) is 4.90 Å². The molecule has 3 rings (SSSR count). The van der Waals surface area contributed by atoms with Crippen molar-refractivity contribution in [3.8, 4) is 0 Å². The van der Waals surface area contributed by atoms with Crippen molar-refractivity contribution in [3.05, 3.63) is 29.3 Å². The van der Waals surface area contributed by atoms with Crippen LogP contribution in [0.1, 0.15) is 43.7 Å². The Balaban J connectivity index is 1.71. The molecule has 2 aliphatic rings. The molecule has 1 aromatic carbocycles. The molecule has 1 N–H and O–H groups in total. The van der Waals surface area contributed by atoms with Gasteiger partial charge in [0.05, 0.1) is 0 Å². The molecule has 1 saturated heterocycles. The van der Waals surface area contributed by atoms with Gasteiger partial charge >= 0.3 is 0 Å². The molecule has 0 spiro atoms. The van der Waals surface area contributed by atoms with Crippen molar-refractivity contribution in [2.24, 2.45) is 11.3 Å². The zero-order chi connectivity index (χ0) is 16.6. The number of carbonyl (C=O) groups is 2. The molecule has 0 atom stereocenters. The number of nitrogens with zero attached hydrogens (tertiary/aromatic N) is 1. The molecule has 4 heteroatoms. The van der Waals surface area contributed by atoms with Crippen LogP contribution in [-0.2, 0) is 9.59 Å². The van der Waals surface area contributed by atoms with Gasteiger partial charge in [-0.15, -0.1) is 0 Å². The van der Waals surface area contributed by atoms with Gasteiger partial charge in [0.1, 0.15) is 5.41 Å². The largest absolute Gasteiger partial charge is 0.342 e. The minimum absolute atomic E-state index is 0.0345. The van der Waals surface area contributed by atoms with Crippen LogP contribution >= 0.6 is 0 Å². The van der Waals surface area contributed by atoms with E-state index in [-0.39, 0.29) is 11.8 Å². The predicted molar refractivity (Wildman–Crippen MR) is 91.2 cm³/mol. The van der Waals surface area contributed by atoms with E-state index >= 15 is 0 Å². The Morgan fingerprint density at radius 3 is 2.43 bits per heavy atom. The summed E-state index contributed by atoms with van der Waals surface area (Å²) in [4.78, 5) is 27.5. The zero-order valence-electron chi connectivity index (χ0n) is 14.3. The summed E-state index contributed by atoms with van der Waals surface area (Å²) in [5.74, 6) is 0.583. The first-order valence-electron chi connectivity index (χ1n) is 8.61. The molecule has 1 saturated carbocycles. The van der Waals surface area contributed by atoms with Gasteiger partial charge in [-0.1, -0.05) is 19.1 Å². The van der Waals surface area contributed by atoms with E-state index in [9.17, 15) is 9.59 Å². The lowest BCUT2D eigenvalue weighted by atomic mass is 9.96. The van der Waals surface area contributed by atoms with Gasteiger partial charge in [-0.05, 0) is 62.6 Å². The highest BCUT2D eigenvalue weighted by Gasteiger charge is 2.58. The van der Waals surface area contributed by atoms with Crippen molar-refractivity contribution < 1.29 is 9.59 Å². The SMILES string of the molecule is Cc1cccc(NC(=O)C2(C(=O)N3CCC(C)CC3)CC2)c1C. The molecule has 0 aromatic heterocycles. The molecule has 1 aromatic rings. The zero-order valence-corrected chi connectivity index (χ0v) is 14.3. The fraction of sp³-hybridized carbons (Fsp3) is 0.579. The van der Waals surface area contributed by atoms with Crippen LogP contribution in [0.4, 0.5) is 5.69 Å². The number of benzene rings is 1. The van der Waals surface area contributed by atoms with Crippen molar-refractivity contribution in [1.29, 1.82) is 0 Å². The maximum atomic E-state index is 12.8. The summed E-state index contributed by atoms with van der Waals surface area (Å²) in [5, 5.41) is 3.00. The normalized spacial score (nSPS) is 20.2. The number of hydrogen-bond acceptors (Lipinski definition) is 2. The minimum Gasteiger partial charge on any atom is -0.342 e. The second-order valence-electron chi connectivity index (χ2n) is 7.26. The Labute approximate surface area is 138 Å². The smallest absolute Gasteiger partial charge is 0.240 e. The molecule has 0 unspecified atom stereocenters. The Morgan fingerprint density at radius 1 is 1.17 bits per heavy atom. The summed E-state index contributed by atoms with van der Waals surface area (Å²) < 4.78 is 0. The van der Waals surface area contributed by atoms with Crippen LogP contribution in [0, 0.1) is 25.2 Å². The molecule has 1 aliphatic carbocycles. The fourth-order valence-electron chi connectivity index (χ4n) is 3.31. The lowest BCUT2D eigenvalue weighted by Gasteiger charge is -2.32. The molecule has 23 heavy (non-hydrogen) atoms. The van der Waals surface area contributed by atoms with Crippen molar-refractivity contribution >= 4 is 17.5 Å². The number of likely N-dealkylation sites (tertiary alicyclic amines) is 1. The Morgan fingerprint density at radius 2 is 1.83 bits per heavy atom. The number of carbonyl (C=O) groups excluding carboxylic acids is 2. The van der Waals surface area contributed by atoms with Gasteiger partial charge in [0.2, 0.25) is 11.8 Å². The predicted octanol–water partition coefficient (Wildman–Crippen LogP) is 3.28. The molecular formula is C19H26N2O2. The van der Waals surface area contributed by atoms with Gasteiger partial charge in [-0.2, -0.15) is 0 Å². The molecule has 1 aliphatic heterocycles. The Kier molecular flexibility index (Phi) is 4.17. The number of aryl methyl sites for hydroxylation is 1. The number of anilines is 1. The van der Waals surface area contributed by atoms with E-state index in [1.807, 2.05) is 36.9 Å². The molecule has 2 amide bonds. The molecule has 4 nitrogen and oxygen atoms in total. The number of nitrogens with one attached hydrogen (secondary N) is 1. The second-order valence-corrected chi connectivity index (χ2v) is 7.26. The monoisotopic (exact) mass is 314 g/mol. The van der Waals surface area contributed by atoms with Crippen LogP contribution < -0.4 is 5.32 Å². The van der Waals surface area contributed by atoms with E-state index in [1.165, 1.54) is 0 Å². The summed E-state index contributed by atoms with van der Waals surface area (Å²) in [7, 11) is 0. The van der Waals surface area contributed by atoms with Crippen LogP contribution in [0.25, 0.3) is 0 Å². The first kappa shape index (κ1) is 16.0. The van der Waals surface area contributed by atoms with E-state index in [2.05, 4.69) is 12.2 Å². The second kappa shape index (κ2) is 5.99. The molecular weight excluding hydrogens is 288 g/mol. The summed E-state index contributed by atoms with van der Waals surface area (Å²) in [6.07, 6.45) is 3.43. The Hall–Kier alpha value is -1.84. The lowest BCUT2D eigenvalue weighted by molar-refractivity contribution is -0.143. The summed E-state index contributed by atoms with van der Waals surface area (Å²) in [5.41, 5.74) is 2.22. The molecule has 1 heterocycles. The fourth-order valence-corrected chi connectivity index (χ4v) is 3.31. The van der Waals surface area contributed by atoms with Crippen LogP contribution in [0.2, 0.25) is 0 Å². The standard InChI is InChI=1S/C19H26N2O2/c1-13-7-11-21(12-8-13)18(23)19(9-10-19)17(22)20-16-6-4-5-14(2)15(16)3/h4-6,13H,7-12H2,1-3H3,(H,20,22). The van der Waals surface area contributed by atoms with E-state index in [1.54, 1.807) is 0 Å². The van der Waals surface area contributed by atoms with Gasteiger partial charge < -0.3 is 10.2 Å². The van der Waals surface area contributed by atoms with Crippen molar-refractivity contribution in [2.75, 3.05) is 18.4 Å². The van der Waals surface area contributed by atoms with Gasteiger partial charge in [0.15, 0.2) is 0 Å². The number of hydrogen-bond donors (Lipinski definition) is 1.